The summed E-state index contributed by atoms with van der Waals surface area (Å²) < 4.78 is 6.59. The van der Waals surface area contributed by atoms with Crippen LogP contribution in [-0.2, 0) is 4.43 Å². The smallest absolute Gasteiger partial charge is 0.258 e. The normalized spacial score (nSPS) is 12.7. The van der Waals surface area contributed by atoms with Crippen LogP contribution in [0.25, 0.3) is 16.8 Å². The van der Waals surface area contributed by atoms with E-state index in [0.717, 1.165) is 5.76 Å². The summed E-state index contributed by atoms with van der Waals surface area (Å²) in [6, 6.07) is 14.9. The highest BCUT2D eigenvalue weighted by Crippen LogP contribution is 2.43. The number of hydrogen-bond acceptors (Lipinski definition) is 1. The predicted molar refractivity (Wildman–Crippen MR) is 114 cm³/mol. The molecule has 0 unspecified atom stereocenters. The Hall–Kier alpha value is -1.80. The van der Waals surface area contributed by atoms with E-state index < -0.39 is 8.32 Å². The van der Waals surface area contributed by atoms with Gasteiger partial charge in [-0.2, -0.15) is 0 Å². The first kappa shape index (κ1) is 19.5. The van der Waals surface area contributed by atoms with Crippen LogP contribution in [0.5, 0.6) is 0 Å². The lowest BCUT2D eigenvalue weighted by Gasteiger charge is -2.42. The van der Waals surface area contributed by atoms with Crippen molar-refractivity contribution >= 4 is 25.2 Å². The zero-order valence-electron chi connectivity index (χ0n) is 16.5. The molecule has 0 saturated carbocycles. The molecule has 2 heteroatoms. The minimum atomic E-state index is -1.92. The Morgan fingerprint density at radius 1 is 0.880 bits per heavy atom. The Bertz CT molecular complexity index is 734. The van der Waals surface area contributed by atoms with Gasteiger partial charge in [-0.3, -0.25) is 0 Å². The second-order valence-corrected chi connectivity index (χ2v) is 13.2. The fraction of sp³-hybridized carbons (Fsp3) is 0.391. The molecule has 0 bridgehead atoms. The van der Waals surface area contributed by atoms with Crippen LogP contribution in [0, 0.1) is 0 Å². The molecule has 1 nitrogen and oxygen atoms in total. The van der Waals surface area contributed by atoms with Crippen molar-refractivity contribution in [3.8, 4) is 0 Å². The molecule has 0 saturated heterocycles. The van der Waals surface area contributed by atoms with E-state index >= 15 is 0 Å². The van der Waals surface area contributed by atoms with Gasteiger partial charge in [0.1, 0.15) is 0 Å². The van der Waals surface area contributed by atoms with E-state index in [4.69, 9.17) is 4.43 Å². The molecule has 25 heavy (non-hydrogen) atoms. The lowest BCUT2D eigenvalue weighted by atomic mass is 10.1. The van der Waals surface area contributed by atoms with Crippen LogP contribution in [0.15, 0.2) is 60.9 Å². The van der Waals surface area contributed by atoms with Crippen LogP contribution in [0.1, 0.15) is 47.1 Å². The maximum Gasteiger partial charge on any atom is 0.258 e. The van der Waals surface area contributed by atoms with Gasteiger partial charge in [0.15, 0.2) is 0 Å². The molecule has 134 valence electrons. The SMILES string of the molecule is C=C(/C=C/c1ccc2ccccc2c1)O[Si](C(C)C)(C(C)C)C(C)C. The molecule has 0 aliphatic rings. The number of benzene rings is 2. The maximum atomic E-state index is 6.59. The molecule has 0 amide bonds. The van der Waals surface area contributed by atoms with Crippen molar-refractivity contribution < 1.29 is 4.43 Å². The van der Waals surface area contributed by atoms with E-state index in [0.29, 0.717) is 16.6 Å². The molecular weight excluding hydrogens is 320 g/mol. The van der Waals surface area contributed by atoms with Gasteiger partial charge >= 0.3 is 0 Å². The third kappa shape index (κ3) is 4.24. The lowest BCUT2D eigenvalue weighted by Crippen LogP contribution is -2.47. The van der Waals surface area contributed by atoms with Gasteiger partial charge in [0, 0.05) is 0 Å². The van der Waals surface area contributed by atoms with Gasteiger partial charge in [-0.05, 0) is 45.1 Å². The van der Waals surface area contributed by atoms with E-state index in [1.54, 1.807) is 0 Å². The molecule has 0 N–H and O–H groups in total. The summed E-state index contributed by atoms with van der Waals surface area (Å²) in [5.74, 6) is 0.788. The van der Waals surface area contributed by atoms with E-state index in [1.807, 2.05) is 6.08 Å². The first-order valence-electron chi connectivity index (χ1n) is 9.32. The van der Waals surface area contributed by atoms with Crippen molar-refractivity contribution in [3.63, 3.8) is 0 Å². The summed E-state index contributed by atoms with van der Waals surface area (Å²) in [6.45, 7) is 18.0. The molecule has 0 aromatic heterocycles. The van der Waals surface area contributed by atoms with Gasteiger partial charge in [0.2, 0.25) is 0 Å². The van der Waals surface area contributed by atoms with Crippen molar-refractivity contribution in [1.29, 1.82) is 0 Å². The number of fused-ring (bicyclic) bond motifs is 1. The molecule has 0 aliphatic carbocycles. The minimum Gasteiger partial charge on any atom is -0.543 e. The molecule has 0 spiro atoms. The van der Waals surface area contributed by atoms with Gasteiger partial charge in [-0.15, -0.1) is 0 Å². The fourth-order valence-electron chi connectivity index (χ4n) is 4.12. The van der Waals surface area contributed by atoms with Crippen molar-refractivity contribution in [2.24, 2.45) is 0 Å². The van der Waals surface area contributed by atoms with Crippen LogP contribution < -0.4 is 0 Å². The second kappa shape index (κ2) is 8.05. The molecule has 2 aromatic rings. The summed E-state index contributed by atoms with van der Waals surface area (Å²) >= 11 is 0. The van der Waals surface area contributed by atoms with Crippen LogP contribution in [0.4, 0.5) is 0 Å². The lowest BCUT2D eigenvalue weighted by molar-refractivity contribution is 0.389. The van der Waals surface area contributed by atoms with Gasteiger partial charge < -0.3 is 4.43 Å². The molecule has 0 heterocycles. The zero-order chi connectivity index (χ0) is 18.6. The van der Waals surface area contributed by atoms with Gasteiger partial charge in [0.25, 0.3) is 8.32 Å². The molecule has 2 aromatic carbocycles. The van der Waals surface area contributed by atoms with E-state index in [1.165, 1.54) is 16.3 Å². The number of rotatable bonds is 7. The zero-order valence-corrected chi connectivity index (χ0v) is 17.5. The minimum absolute atomic E-state index is 0.554. The van der Waals surface area contributed by atoms with Crippen molar-refractivity contribution in [3.05, 3.63) is 66.4 Å². The van der Waals surface area contributed by atoms with E-state index in [9.17, 15) is 0 Å². The van der Waals surface area contributed by atoms with Crippen molar-refractivity contribution in [2.75, 3.05) is 0 Å². The third-order valence-electron chi connectivity index (χ3n) is 5.25. The fourth-order valence-corrected chi connectivity index (χ4v) is 9.34. The Kier molecular flexibility index (Phi) is 6.29. The Morgan fingerprint density at radius 2 is 1.44 bits per heavy atom. The average Bonchev–Trinajstić information content (AvgIpc) is 2.56. The Morgan fingerprint density at radius 3 is 2.00 bits per heavy atom. The maximum absolute atomic E-state index is 6.59. The summed E-state index contributed by atoms with van der Waals surface area (Å²) in [5, 5.41) is 2.52. The van der Waals surface area contributed by atoms with Crippen LogP contribution in [0.2, 0.25) is 16.6 Å². The highest BCUT2D eigenvalue weighted by atomic mass is 28.4. The van der Waals surface area contributed by atoms with Crippen molar-refractivity contribution in [1.82, 2.24) is 0 Å². The first-order valence-corrected chi connectivity index (χ1v) is 11.5. The van der Waals surface area contributed by atoms with Crippen LogP contribution >= 0.6 is 0 Å². The van der Waals surface area contributed by atoms with Crippen molar-refractivity contribution in [2.45, 2.75) is 58.2 Å². The summed E-state index contributed by atoms with van der Waals surface area (Å²) in [5.41, 5.74) is 2.84. The monoisotopic (exact) mass is 352 g/mol. The van der Waals surface area contributed by atoms with Gasteiger partial charge in [0.05, 0.1) is 5.76 Å². The Balaban J connectivity index is 2.20. The Labute approximate surface area is 154 Å². The van der Waals surface area contributed by atoms with Gasteiger partial charge in [-0.1, -0.05) is 90.6 Å². The molecule has 0 radical (unpaired) electrons. The van der Waals surface area contributed by atoms with Gasteiger partial charge in [-0.25, -0.2) is 0 Å². The average molecular weight is 353 g/mol. The standard InChI is InChI=1S/C23H32OSi/c1-17(2)25(18(3)4,19(5)6)24-20(7)12-13-21-14-15-22-10-8-9-11-23(22)16-21/h8-19H,7H2,1-6H3/b13-12+. The third-order valence-corrected chi connectivity index (χ3v) is 11.3. The second-order valence-electron chi connectivity index (χ2n) is 7.83. The number of allylic oxidation sites excluding steroid dienone is 1. The van der Waals surface area contributed by atoms with Crippen LogP contribution in [-0.4, -0.2) is 8.32 Å². The predicted octanol–water partition coefficient (Wildman–Crippen LogP) is 7.56. The number of hydrogen-bond donors (Lipinski definition) is 0. The quantitative estimate of drug-likeness (QED) is 0.284. The summed E-state index contributed by atoms with van der Waals surface area (Å²) in [7, 11) is -1.92. The topological polar surface area (TPSA) is 9.23 Å². The molecular formula is C23H32OSi. The van der Waals surface area contributed by atoms with E-state index in [2.05, 4.69) is 96.7 Å². The highest BCUT2D eigenvalue weighted by Gasteiger charge is 2.46. The molecule has 0 aliphatic heterocycles. The first-order chi connectivity index (χ1) is 11.8. The summed E-state index contributed by atoms with van der Waals surface area (Å²) in [4.78, 5) is 0. The largest absolute Gasteiger partial charge is 0.543 e. The molecule has 0 atom stereocenters. The van der Waals surface area contributed by atoms with E-state index in [-0.39, 0.29) is 0 Å². The molecule has 2 rings (SSSR count). The van der Waals surface area contributed by atoms with Crippen LogP contribution in [0.3, 0.4) is 0 Å². The highest BCUT2D eigenvalue weighted by molar-refractivity contribution is 6.77. The summed E-state index contributed by atoms with van der Waals surface area (Å²) in [6.07, 6.45) is 4.13. The molecule has 0 fully saturated rings.